The minimum atomic E-state index is -0.887. The van der Waals surface area contributed by atoms with Crippen LogP contribution >= 0.6 is 0 Å². The van der Waals surface area contributed by atoms with Crippen molar-refractivity contribution < 1.29 is 14.6 Å². The number of piperazine rings is 1. The maximum atomic E-state index is 11.1. The van der Waals surface area contributed by atoms with Crippen LogP contribution in [0.4, 0.5) is 5.69 Å². The molecule has 1 aliphatic heterocycles. The van der Waals surface area contributed by atoms with E-state index in [1.165, 1.54) is 16.7 Å². The highest BCUT2D eigenvalue weighted by molar-refractivity contribution is 5.88. The number of rotatable bonds is 9. The molecule has 0 amide bonds. The van der Waals surface area contributed by atoms with Crippen LogP contribution in [0.2, 0.25) is 0 Å². The molecule has 0 spiro atoms. The van der Waals surface area contributed by atoms with E-state index in [1.54, 1.807) is 12.1 Å². The molecular formula is C28H33N3O3. The van der Waals surface area contributed by atoms with Crippen LogP contribution < -0.4 is 9.64 Å². The number of carboxylic acids is 1. The van der Waals surface area contributed by atoms with E-state index in [1.807, 2.05) is 26.2 Å². The number of likely N-dealkylation sites (N-methyl/N-ethyl adjacent to an activating group) is 1. The van der Waals surface area contributed by atoms with Gasteiger partial charge in [-0.25, -0.2) is 4.79 Å². The van der Waals surface area contributed by atoms with E-state index in [4.69, 9.17) is 9.84 Å². The molecule has 0 radical (unpaired) electrons. The molecule has 4 rings (SSSR count). The Morgan fingerprint density at radius 2 is 1.59 bits per heavy atom. The summed E-state index contributed by atoms with van der Waals surface area (Å²) < 4.78 is 5.84. The molecule has 34 heavy (non-hydrogen) atoms. The summed E-state index contributed by atoms with van der Waals surface area (Å²) >= 11 is 0. The summed E-state index contributed by atoms with van der Waals surface area (Å²) in [4.78, 5) is 18.0. The zero-order valence-corrected chi connectivity index (χ0v) is 20.0. The minimum Gasteiger partial charge on any atom is -0.492 e. The highest BCUT2D eigenvalue weighted by Crippen LogP contribution is 2.27. The molecule has 1 saturated heterocycles. The number of aromatic carboxylic acids is 1. The van der Waals surface area contributed by atoms with Gasteiger partial charge in [0.1, 0.15) is 12.4 Å². The Morgan fingerprint density at radius 1 is 0.912 bits per heavy atom. The molecule has 3 aromatic carbocycles. The summed E-state index contributed by atoms with van der Waals surface area (Å²) in [5, 5.41) is 9.10. The SMILES string of the molecule is CN(C)CCOc1ccc(-c2ccccc2CN2CCN(c3ccc(C(=O)O)cc3)CC2)cc1. The van der Waals surface area contributed by atoms with E-state index < -0.39 is 5.97 Å². The zero-order valence-electron chi connectivity index (χ0n) is 20.0. The summed E-state index contributed by atoms with van der Waals surface area (Å²) in [6, 6.07) is 24.2. The number of hydrogen-bond acceptors (Lipinski definition) is 5. The van der Waals surface area contributed by atoms with E-state index in [0.717, 1.165) is 50.7 Å². The lowest BCUT2D eigenvalue weighted by molar-refractivity contribution is 0.0697. The third-order valence-corrected chi connectivity index (χ3v) is 6.24. The zero-order chi connectivity index (χ0) is 23.9. The first kappa shape index (κ1) is 23.8. The summed E-state index contributed by atoms with van der Waals surface area (Å²) in [5.74, 6) is 0.0112. The fourth-order valence-corrected chi connectivity index (χ4v) is 4.24. The van der Waals surface area contributed by atoms with Gasteiger partial charge in [-0.2, -0.15) is 0 Å². The second kappa shape index (κ2) is 11.2. The van der Waals surface area contributed by atoms with Gasteiger partial charge in [0.25, 0.3) is 0 Å². The molecule has 1 heterocycles. The molecule has 1 aliphatic rings. The van der Waals surface area contributed by atoms with Crippen molar-refractivity contribution in [2.75, 3.05) is 58.3 Å². The molecule has 0 unspecified atom stereocenters. The van der Waals surface area contributed by atoms with Crippen molar-refractivity contribution in [2.24, 2.45) is 0 Å². The number of anilines is 1. The summed E-state index contributed by atoms with van der Waals surface area (Å²) in [6.45, 7) is 6.26. The Morgan fingerprint density at radius 3 is 2.24 bits per heavy atom. The van der Waals surface area contributed by atoms with E-state index in [2.05, 4.69) is 63.2 Å². The minimum absolute atomic E-state index is 0.326. The maximum absolute atomic E-state index is 11.1. The average Bonchev–Trinajstić information content (AvgIpc) is 2.85. The Kier molecular flexibility index (Phi) is 7.83. The second-order valence-corrected chi connectivity index (χ2v) is 8.95. The van der Waals surface area contributed by atoms with E-state index in [9.17, 15) is 4.79 Å². The Hall–Kier alpha value is -3.35. The van der Waals surface area contributed by atoms with E-state index in [-0.39, 0.29) is 0 Å². The number of nitrogens with zero attached hydrogens (tertiary/aromatic N) is 3. The van der Waals surface area contributed by atoms with Crippen LogP contribution in [-0.2, 0) is 6.54 Å². The van der Waals surface area contributed by atoms with Crippen molar-refractivity contribution in [3.05, 3.63) is 83.9 Å². The van der Waals surface area contributed by atoms with Crippen LogP contribution in [0.15, 0.2) is 72.8 Å². The Labute approximate surface area is 202 Å². The highest BCUT2D eigenvalue weighted by atomic mass is 16.5. The summed E-state index contributed by atoms with van der Waals surface area (Å²) in [7, 11) is 4.09. The van der Waals surface area contributed by atoms with Crippen molar-refractivity contribution in [2.45, 2.75) is 6.54 Å². The molecule has 0 saturated carbocycles. The first-order valence-corrected chi connectivity index (χ1v) is 11.8. The van der Waals surface area contributed by atoms with Crippen LogP contribution in [0.1, 0.15) is 15.9 Å². The number of carboxylic acid groups (broad SMARTS) is 1. The Bertz CT molecular complexity index is 1070. The van der Waals surface area contributed by atoms with Gasteiger partial charge < -0.3 is 19.6 Å². The van der Waals surface area contributed by atoms with Gasteiger partial charge in [0, 0.05) is 45.0 Å². The molecular weight excluding hydrogens is 426 g/mol. The smallest absolute Gasteiger partial charge is 0.335 e. The van der Waals surface area contributed by atoms with Gasteiger partial charge in [0.2, 0.25) is 0 Å². The molecule has 1 fully saturated rings. The maximum Gasteiger partial charge on any atom is 0.335 e. The van der Waals surface area contributed by atoms with Gasteiger partial charge in [0.15, 0.2) is 0 Å². The third kappa shape index (κ3) is 6.16. The van der Waals surface area contributed by atoms with Crippen molar-refractivity contribution >= 4 is 11.7 Å². The van der Waals surface area contributed by atoms with Gasteiger partial charge in [-0.05, 0) is 67.2 Å². The number of hydrogen-bond donors (Lipinski definition) is 1. The molecule has 0 atom stereocenters. The number of carbonyl (C=O) groups is 1. The van der Waals surface area contributed by atoms with Crippen molar-refractivity contribution in [3.63, 3.8) is 0 Å². The molecule has 0 aromatic heterocycles. The fraction of sp³-hybridized carbons (Fsp3) is 0.321. The van der Waals surface area contributed by atoms with Crippen LogP contribution in [0, 0.1) is 0 Å². The third-order valence-electron chi connectivity index (χ3n) is 6.24. The predicted molar refractivity (Wildman–Crippen MR) is 137 cm³/mol. The summed E-state index contributed by atoms with van der Waals surface area (Å²) in [6.07, 6.45) is 0. The van der Waals surface area contributed by atoms with E-state index in [0.29, 0.717) is 12.2 Å². The predicted octanol–water partition coefficient (Wildman–Crippen LogP) is 4.31. The van der Waals surface area contributed by atoms with Crippen LogP contribution in [0.3, 0.4) is 0 Å². The summed E-state index contributed by atoms with van der Waals surface area (Å²) in [5.41, 5.74) is 5.19. The molecule has 1 N–H and O–H groups in total. The van der Waals surface area contributed by atoms with Gasteiger partial charge >= 0.3 is 5.97 Å². The van der Waals surface area contributed by atoms with Crippen LogP contribution in [0.5, 0.6) is 5.75 Å². The van der Waals surface area contributed by atoms with Crippen molar-refractivity contribution in [1.29, 1.82) is 0 Å². The topological polar surface area (TPSA) is 56.2 Å². The van der Waals surface area contributed by atoms with Gasteiger partial charge in [-0.1, -0.05) is 36.4 Å². The molecule has 0 bridgehead atoms. The van der Waals surface area contributed by atoms with Gasteiger partial charge in [0.05, 0.1) is 5.56 Å². The lowest BCUT2D eigenvalue weighted by Gasteiger charge is -2.36. The normalized spacial score (nSPS) is 14.4. The average molecular weight is 460 g/mol. The quantitative estimate of drug-likeness (QED) is 0.515. The largest absolute Gasteiger partial charge is 0.492 e. The van der Waals surface area contributed by atoms with Gasteiger partial charge in [-0.3, -0.25) is 4.90 Å². The molecule has 0 aliphatic carbocycles. The molecule has 178 valence electrons. The highest BCUT2D eigenvalue weighted by Gasteiger charge is 2.19. The van der Waals surface area contributed by atoms with E-state index >= 15 is 0 Å². The first-order chi connectivity index (χ1) is 16.5. The van der Waals surface area contributed by atoms with Crippen LogP contribution in [0.25, 0.3) is 11.1 Å². The number of benzene rings is 3. The van der Waals surface area contributed by atoms with Crippen molar-refractivity contribution in [1.82, 2.24) is 9.80 Å². The second-order valence-electron chi connectivity index (χ2n) is 8.95. The lowest BCUT2D eigenvalue weighted by Crippen LogP contribution is -2.46. The number of ether oxygens (including phenoxy) is 1. The lowest BCUT2D eigenvalue weighted by atomic mass is 9.99. The fourth-order valence-electron chi connectivity index (χ4n) is 4.24. The standard InChI is InChI=1S/C28H33N3O3/c1-29(2)19-20-34-26-13-9-22(10-14-26)27-6-4-3-5-24(27)21-30-15-17-31(18-16-30)25-11-7-23(8-12-25)28(32)33/h3-14H,15-21H2,1-2H3,(H,32,33). The molecule has 6 heteroatoms. The molecule has 6 nitrogen and oxygen atoms in total. The van der Waals surface area contributed by atoms with Gasteiger partial charge in [-0.15, -0.1) is 0 Å². The Balaban J connectivity index is 1.36. The molecule has 3 aromatic rings. The van der Waals surface area contributed by atoms with Crippen molar-refractivity contribution in [3.8, 4) is 16.9 Å². The first-order valence-electron chi connectivity index (χ1n) is 11.8. The van der Waals surface area contributed by atoms with Crippen LogP contribution in [-0.4, -0.2) is 74.3 Å². The monoisotopic (exact) mass is 459 g/mol.